The van der Waals surface area contributed by atoms with Crippen molar-refractivity contribution in [2.45, 2.75) is 113 Å². The molecule has 0 aromatic rings. The molecule has 35 heavy (non-hydrogen) atoms. The van der Waals surface area contributed by atoms with Crippen molar-refractivity contribution in [2.24, 2.45) is 5.92 Å². The lowest BCUT2D eigenvalue weighted by molar-refractivity contribution is -0.259. The third-order valence-corrected chi connectivity index (χ3v) is 8.08. The number of aliphatic hydroxyl groups is 2. The van der Waals surface area contributed by atoms with Gasteiger partial charge < -0.3 is 33.9 Å². The molecule has 5 aliphatic rings. The molecule has 2 unspecified atom stereocenters. The Hall–Kier alpha value is -1.20. The Morgan fingerprint density at radius 3 is 2.46 bits per heavy atom. The highest BCUT2D eigenvalue weighted by Crippen LogP contribution is 2.40. The summed E-state index contributed by atoms with van der Waals surface area (Å²) in [6, 6.07) is 0. The first kappa shape index (κ1) is 25.4. The minimum Gasteiger partial charge on any atom is -0.388 e. The van der Waals surface area contributed by atoms with E-state index in [4.69, 9.17) is 23.7 Å². The third kappa shape index (κ3) is 5.87. The zero-order valence-electron chi connectivity index (χ0n) is 20.2. The maximum atomic E-state index is 12.6. The summed E-state index contributed by atoms with van der Waals surface area (Å²) >= 11 is 0. The number of fused-ring (bicyclic) bond motifs is 2. The van der Waals surface area contributed by atoms with Crippen molar-refractivity contribution in [1.82, 2.24) is 0 Å². The van der Waals surface area contributed by atoms with Gasteiger partial charge >= 0.3 is 0 Å². The molecule has 2 N–H and O–H groups in total. The fourth-order valence-electron chi connectivity index (χ4n) is 6.16. The predicted molar refractivity (Wildman–Crippen MR) is 123 cm³/mol. The van der Waals surface area contributed by atoms with E-state index in [1.54, 1.807) is 0 Å². The molecular formula is C26H38O9. The molecule has 5 rings (SSSR count). The lowest BCUT2D eigenvalue weighted by Crippen LogP contribution is -2.61. The van der Waals surface area contributed by atoms with Gasteiger partial charge in [-0.25, -0.2) is 0 Å². The molecule has 0 amide bonds. The molecule has 5 fully saturated rings. The number of hydrogen-bond donors (Lipinski definition) is 2. The van der Waals surface area contributed by atoms with Gasteiger partial charge in [-0.3, -0.25) is 9.59 Å². The number of carbonyl (C=O) groups is 2. The van der Waals surface area contributed by atoms with E-state index >= 15 is 0 Å². The van der Waals surface area contributed by atoms with E-state index in [-0.39, 0.29) is 36.3 Å². The summed E-state index contributed by atoms with van der Waals surface area (Å²) in [7, 11) is 0. The number of ketones is 2. The largest absolute Gasteiger partial charge is 0.388 e. The van der Waals surface area contributed by atoms with Crippen LogP contribution < -0.4 is 0 Å². The number of hydrogen-bond acceptors (Lipinski definition) is 9. The molecule has 0 aromatic heterocycles. The lowest BCUT2D eigenvalue weighted by atomic mass is 9.87. The topological polar surface area (TPSA) is 121 Å². The van der Waals surface area contributed by atoms with Crippen LogP contribution in [0.25, 0.3) is 0 Å². The summed E-state index contributed by atoms with van der Waals surface area (Å²) in [4.78, 5) is 25.1. The summed E-state index contributed by atoms with van der Waals surface area (Å²) in [5, 5.41) is 21.9. The van der Waals surface area contributed by atoms with Crippen molar-refractivity contribution in [3.8, 4) is 0 Å². The van der Waals surface area contributed by atoms with Crippen molar-refractivity contribution in [2.75, 3.05) is 19.8 Å². The molecule has 0 bridgehead atoms. The molecule has 5 saturated heterocycles. The molecule has 5 aliphatic heterocycles. The van der Waals surface area contributed by atoms with Gasteiger partial charge in [-0.2, -0.15) is 0 Å². The van der Waals surface area contributed by atoms with Crippen molar-refractivity contribution in [3.63, 3.8) is 0 Å². The van der Waals surface area contributed by atoms with E-state index in [9.17, 15) is 19.8 Å². The van der Waals surface area contributed by atoms with Crippen LogP contribution in [-0.4, -0.2) is 96.5 Å². The predicted octanol–water partition coefficient (Wildman–Crippen LogP) is 1.26. The van der Waals surface area contributed by atoms with Crippen LogP contribution in [0.2, 0.25) is 0 Å². The Morgan fingerprint density at radius 2 is 1.71 bits per heavy atom. The lowest BCUT2D eigenvalue weighted by Gasteiger charge is -2.46. The van der Waals surface area contributed by atoms with Gasteiger partial charge in [0.2, 0.25) is 0 Å². The standard InChI is InChI=1S/C26H38O9/c1-14-8-18(32-12-14)3-2-16(27)11-21-22(29)25-26(35-21)23(30)24-20(34-25)5-4-19(33-24)10-17(28)9-15-6-7-31-13-15/h15,18-26,29-30H,1-13H2/t15-,18-,19+,20-,21+,22-,23-,24?,25?,26-/m0/s1. The summed E-state index contributed by atoms with van der Waals surface area (Å²) < 4.78 is 29.1. The highest BCUT2D eigenvalue weighted by molar-refractivity contribution is 5.79. The maximum absolute atomic E-state index is 12.6. The fraction of sp³-hybridized carbons (Fsp3) is 0.846. The Labute approximate surface area is 206 Å². The molecule has 0 aliphatic carbocycles. The number of Topliss-reactive ketones (excluding diaryl/α,β-unsaturated/α-hetero) is 2. The van der Waals surface area contributed by atoms with Crippen LogP contribution in [0.1, 0.15) is 57.8 Å². The molecule has 10 atom stereocenters. The number of aliphatic hydroxyl groups excluding tert-OH is 2. The van der Waals surface area contributed by atoms with Crippen molar-refractivity contribution in [1.29, 1.82) is 0 Å². The van der Waals surface area contributed by atoms with Crippen LogP contribution >= 0.6 is 0 Å². The number of ether oxygens (including phenoxy) is 5. The van der Waals surface area contributed by atoms with E-state index in [1.165, 1.54) is 0 Å². The zero-order valence-corrected chi connectivity index (χ0v) is 20.2. The zero-order chi connectivity index (χ0) is 24.5. The smallest absolute Gasteiger partial charge is 0.135 e. The Morgan fingerprint density at radius 1 is 0.886 bits per heavy atom. The fourth-order valence-corrected chi connectivity index (χ4v) is 6.16. The minimum absolute atomic E-state index is 0.0109. The molecule has 9 nitrogen and oxygen atoms in total. The first-order valence-electron chi connectivity index (χ1n) is 13.1. The molecule has 0 saturated carbocycles. The normalized spacial score (nSPS) is 43.2. The molecule has 0 radical (unpaired) electrons. The second-order valence-corrected chi connectivity index (χ2v) is 10.9. The van der Waals surface area contributed by atoms with Gasteiger partial charge in [0, 0.05) is 38.9 Å². The average molecular weight is 495 g/mol. The van der Waals surface area contributed by atoms with Crippen LogP contribution in [0.15, 0.2) is 12.2 Å². The second-order valence-electron chi connectivity index (χ2n) is 10.9. The highest BCUT2D eigenvalue weighted by Gasteiger charge is 2.57. The summed E-state index contributed by atoms with van der Waals surface area (Å²) in [5.74, 6) is 0.441. The van der Waals surface area contributed by atoms with Crippen molar-refractivity contribution in [3.05, 3.63) is 12.2 Å². The average Bonchev–Trinajstić information content (AvgIpc) is 3.56. The Balaban J connectivity index is 1.11. The Bertz CT molecular complexity index is 794. The molecule has 9 heteroatoms. The van der Waals surface area contributed by atoms with Crippen LogP contribution in [0.4, 0.5) is 0 Å². The summed E-state index contributed by atoms with van der Waals surface area (Å²) in [6.45, 7) is 5.83. The van der Waals surface area contributed by atoms with Gasteiger partial charge in [-0.05, 0) is 43.6 Å². The van der Waals surface area contributed by atoms with Gasteiger partial charge in [0.25, 0.3) is 0 Å². The van der Waals surface area contributed by atoms with E-state index in [0.717, 1.165) is 25.0 Å². The van der Waals surface area contributed by atoms with Crippen LogP contribution in [-0.2, 0) is 33.3 Å². The maximum Gasteiger partial charge on any atom is 0.135 e. The van der Waals surface area contributed by atoms with E-state index in [0.29, 0.717) is 57.7 Å². The molecular weight excluding hydrogens is 456 g/mol. The van der Waals surface area contributed by atoms with E-state index in [2.05, 4.69) is 6.58 Å². The number of rotatable bonds is 9. The van der Waals surface area contributed by atoms with Gasteiger partial charge in [0.05, 0.1) is 31.0 Å². The van der Waals surface area contributed by atoms with E-state index in [1.807, 2.05) is 0 Å². The van der Waals surface area contributed by atoms with Crippen LogP contribution in [0, 0.1) is 5.92 Å². The molecule has 5 heterocycles. The highest BCUT2D eigenvalue weighted by atomic mass is 16.6. The monoisotopic (exact) mass is 494 g/mol. The van der Waals surface area contributed by atoms with Crippen molar-refractivity contribution < 1.29 is 43.5 Å². The molecule has 0 spiro atoms. The summed E-state index contributed by atoms with van der Waals surface area (Å²) in [5.41, 5.74) is 1.05. The first-order chi connectivity index (χ1) is 16.9. The molecule has 196 valence electrons. The van der Waals surface area contributed by atoms with Gasteiger partial charge in [0.1, 0.15) is 42.1 Å². The minimum atomic E-state index is -0.993. The summed E-state index contributed by atoms with van der Waals surface area (Å²) in [6.07, 6.45) is -0.545. The quantitative estimate of drug-likeness (QED) is 0.456. The third-order valence-electron chi connectivity index (χ3n) is 8.08. The number of carbonyl (C=O) groups excluding carboxylic acids is 2. The Kier molecular flexibility index (Phi) is 8.03. The van der Waals surface area contributed by atoms with Crippen LogP contribution in [0.5, 0.6) is 0 Å². The first-order valence-corrected chi connectivity index (χ1v) is 13.1. The SMILES string of the molecule is C=C1CO[C@@H](CCC(=O)C[C@H]2O[C@@H]3C(O[C@H]4CC[C@H](CC(=O)C[C@@H]5CCOC5)OC4[C@@H]3O)[C@H]2O)C1. The van der Waals surface area contributed by atoms with Crippen LogP contribution in [0.3, 0.4) is 0 Å². The van der Waals surface area contributed by atoms with E-state index < -0.39 is 36.6 Å². The molecule has 0 aromatic carbocycles. The van der Waals surface area contributed by atoms with Gasteiger partial charge in [0.15, 0.2) is 0 Å². The van der Waals surface area contributed by atoms with Gasteiger partial charge in [-0.15, -0.1) is 0 Å². The second kappa shape index (κ2) is 11.0. The van der Waals surface area contributed by atoms with Crippen molar-refractivity contribution >= 4 is 11.6 Å². The van der Waals surface area contributed by atoms with Gasteiger partial charge in [-0.1, -0.05) is 6.58 Å².